The molecule has 0 aromatic heterocycles. The predicted molar refractivity (Wildman–Crippen MR) is 63.1 cm³/mol. The molecule has 1 atom stereocenters. The van der Waals surface area contributed by atoms with Crippen molar-refractivity contribution in [2.75, 3.05) is 5.32 Å². The average Bonchev–Trinajstić information content (AvgIpc) is 2.80. The molecule has 1 aromatic rings. The van der Waals surface area contributed by atoms with E-state index >= 15 is 0 Å². The first-order chi connectivity index (χ1) is 9.38. The Hall–Kier alpha value is -2.51. The van der Waals surface area contributed by atoms with E-state index in [1.165, 1.54) is 0 Å². The third kappa shape index (κ3) is 2.73. The van der Waals surface area contributed by atoms with Crippen molar-refractivity contribution >= 4 is 23.5 Å². The molecule has 1 aliphatic rings. The Balaban J connectivity index is 2.24. The Morgan fingerprint density at radius 3 is 2.50 bits per heavy atom. The molecule has 1 saturated heterocycles. The first-order valence-electron chi connectivity index (χ1n) is 5.71. The number of anilines is 1. The van der Waals surface area contributed by atoms with Crippen molar-refractivity contribution in [1.29, 1.82) is 0 Å². The van der Waals surface area contributed by atoms with Crippen LogP contribution in [0.3, 0.4) is 0 Å². The quantitative estimate of drug-likeness (QED) is 0.767. The Kier molecular flexibility index (Phi) is 3.64. The number of amides is 2. The Labute approximate surface area is 111 Å². The van der Waals surface area contributed by atoms with Crippen molar-refractivity contribution in [1.82, 2.24) is 5.32 Å². The summed E-state index contributed by atoms with van der Waals surface area (Å²) in [5.74, 6) is -5.08. The molecule has 2 rings (SSSR count). The van der Waals surface area contributed by atoms with Crippen LogP contribution in [-0.2, 0) is 9.59 Å². The van der Waals surface area contributed by atoms with Gasteiger partial charge in [0.25, 0.3) is 0 Å². The summed E-state index contributed by atoms with van der Waals surface area (Å²) in [4.78, 5) is 33.7. The summed E-state index contributed by atoms with van der Waals surface area (Å²) in [5.41, 5.74) is -0.927. The van der Waals surface area contributed by atoms with Gasteiger partial charge in [0.2, 0.25) is 11.8 Å². The average molecular weight is 284 g/mol. The topological polar surface area (TPSA) is 95.5 Å². The standard InChI is InChI=1S/C12H10F2N2O4/c13-6-3-5(12(19)20)9(4-7(6)14)16-11(18)8-1-2-10(17)15-8/h3-4,8H,1-2H2,(H,15,17)(H,16,18)(H,19,20)/t8-/m1/s1. The number of carbonyl (C=O) groups excluding carboxylic acids is 2. The largest absolute Gasteiger partial charge is 0.478 e. The van der Waals surface area contributed by atoms with Crippen LogP contribution in [0.1, 0.15) is 23.2 Å². The number of carboxylic acids is 1. The van der Waals surface area contributed by atoms with Gasteiger partial charge in [-0.2, -0.15) is 0 Å². The lowest BCUT2D eigenvalue weighted by Crippen LogP contribution is -2.37. The second kappa shape index (κ2) is 5.24. The van der Waals surface area contributed by atoms with Gasteiger partial charge in [-0.05, 0) is 12.5 Å². The number of hydrogen-bond acceptors (Lipinski definition) is 3. The van der Waals surface area contributed by atoms with Crippen molar-refractivity contribution in [3.05, 3.63) is 29.3 Å². The van der Waals surface area contributed by atoms with Gasteiger partial charge in [0.15, 0.2) is 11.6 Å². The second-order valence-corrected chi connectivity index (χ2v) is 4.27. The normalized spacial score (nSPS) is 17.7. The zero-order valence-corrected chi connectivity index (χ0v) is 10.1. The molecule has 3 N–H and O–H groups in total. The minimum atomic E-state index is -1.50. The summed E-state index contributed by atoms with van der Waals surface area (Å²) in [5, 5.41) is 13.5. The Morgan fingerprint density at radius 2 is 1.95 bits per heavy atom. The van der Waals surface area contributed by atoms with E-state index in [1.54, 1.807) is 0 Å². The molecule has 1 aliphatic heterocycles. The molecule has 0 radical (unpaired) electrons. The molecule has 0 aliphatic carbocycles. The van der Waals surface area contributed by atoms with Crippen molar-refractivity contribution < 1.29 is 28.3 Å². The fourth-order valence-corrected chi connectivity index (χ4v) is 1.86. The second-order valence-electron chi connectivity index (χ2n) is 4.27. The highest BCUT2D eigenvalue weighted by atomic mass is 19.2. The van der Waals surface area contributed by atoms with E-state index in [1.807, 2.05) is 0 Å². The monoisotopic (exact) mass is 284 g/mol. The molecule has 1 heterocycles. The highest BCUT2D eigenvalue weighted by Gasteiger charge is 2.28. The third-order valence-corrected chi connectivity index (χ3v) is 2.86. The molecule has 0 unspecified atom stereocenters. The minimum Gasteiger partial charge on any atom is -0.478 e. The summed E-state index contributed by atoms with van der Waals surface area (Å²) in [6.07, 6.45) is 0.443. The third-order valence-electron chi connectivity index (χ3n) is 2.86. The Bertz CT molecular complexity index is 603. The van der Waals surface area contributed by atoms with Gasteiger partial charge in [0, 0.05) is 12.5 Å². The van der Waals surface area contributed by atoms with Crippen LogP contribution in [-0.4, -0.2) is 28.9 Å². The van der Waals surface area contributed by atoms with Gasteiger partial charge in [-0.1, -0.05) is 0 Å². The number of hydrogen-bond donors (Lipinski definition) is 3. The lowest BCUT2D eigenvalue weighted by atomic mass is 10.1. The maximum absolute atomic E-state index is 13.1. The van der Waals surface area contributed by atoms with E-state index in [0.717, 1.165) is 0 Å². The fraction of sp³-hybridized carbons (Fsp3) is 0.250. The van der Waals surface area contributed by atoms with Crippen LogP contribution in [0.4, 0.5) is 14.5 Å². The van der Waals surface area contributed by atoms with Gasteiger partial charge in [-0.25, -0.2) is 13.6 Å². The molecule has 0 saturated carbocycles. The molecular formula is C12H10F2N2O4. The number of benzene rings is 1. The summed E-state index contributed by atoms with van der Waals surface area (Å²) in [6.45, 7) is 0. The molecule has 0 bridgehead atoms. The fourth-order valence-electron chi connectivity index (χ4n) is 1.86. The summed E-state index contributed by atoms with van der Waals surface area (Å²) < 4.78 is 26.1. The van der Waals surface area contributed by atoms with Gasteiger partial charge in [-0.15, -0.1) is 0 Å². The van der Waals surface area contributed by atoms with Crippen LogP contribution in [0.5, 0.6) is 0 Å². The van der Waals surface area contributed by atoms with Crippen LogP contribution in [0.15, 0.2) is 12.1 Å². The van der Waals surface area contributed by atoms with Gasteiger partial charge >= 0.3 is 5.97 Å². The molecule has 6 nitrogen and oxygen atoms in total. The Morgan fingerprint density at radius 1 is 1.30 bits per heavy atom. The molecule has 106 valence electrons. The SMILES string of the molecule is O=C1CC[C@H](C(=O)Nc2cc(F)c(F)cc2C(=O)O)N1. The molecule has 0 spiro atoms. The number of carbonyl (C=O) groups is 3. The number of rotatable bonds is 3. The van der Waals surface area contributed by atoms with Crippen molar-refractivity contribution in [2.24, 2.45) is 0 Å². The van der Waals surface area contributed by atoms with E-state index in [0.29, 0.717) is 12.1 Å². The van der Waals surface area contributed by atoms with Crippen LogP contribution in [0.2, 0.25) is 0 Å². The van der Waals surface area contributed by atoms with E-state index < -0.39 is 35.1 Å². The summed E-state index contributed by atoms with van der Waals surface area (Å²) in [7, 11) is 0. The van der Waals surface area contributed by atoms with Crippen LogP contribution in [0.25, 0.3) is 0 Å². The lowest BCUT2D eigenvalue weighted by molar-refractivity contribution is -0.122. The van der Waals surface area contributed by atoms with Crippen molar-refractivity contribution in [3.63, 3.8) is 0 Å². The molecule has 1 aromatic carbocycles. The van der Waals surface area contributed by atoms with E-state index in [9.17, 15) is 23.2 Å². The maximum Gasteiger partial charge on any atom is 0.337 e. The lowest BCUT2D eigenvalue weighted by Gasteiger charge is -2.13. The first kappa shape index (κ1) is 13.9. The van der Waals surface area contributed by atoms with Crippen LogP contribution >= 0.6 is 0 Å². The maximum atomic E-state index is 13.1. The summed E-state index contributed by atoms with van der Waals surface area (Å²) >= 11 is 0. The smallest absolute Gasteiger partial charge is 0.337 e. The van der Waals surface area contributed by atoms with E-state index in [2.05, 4.69) is 10.6 Å². The van der Waals surface area contributed by atoms with E-state index in [4.69, 9.17) is 5.11 Å². The van der Waals surface area contributed by atoms with Gasteiger partial charge in [-0.3, -0.25) is 9.59 Å². The molecule has 1 fully saturated rings. The van der Waals surface area contributed by atoms with Gasteiger partial charge in [0.1, 0.15) is 6.04 Å². The minimum absolute atomic E-state index is 0.182. The number of halogens is 2. The number of aromatic carboxylic acids is 1. The van der Waals surface area contributed by atoms with Crippen molar-refractivity contribution in [2.45, 2.75) is 18.9 Å². The van der Waals surface area contributed by atoms with Gasteiger partial charge < -0.3 is 15.7 Å². The highest BCUT2D eigenvalue weighted by Crippen LogP contribution is 2.21. The van der Waals surface area contributed by atoms with Crippen LogP contribution in [0, 0.1) is 11.6 Å². The summed E-state index contributed by atoms with van der Waals surface area (Å²) in [6, 6.07) is 0.269. The molecule has 8 heteroatoms. The van der Waals surface area contributed by atoms with Crippen molar-refractivity contribution in [3.8, 4) is 0 Å². The predicted octanol–water partition coefficient (Wildman–Crippen LogP) is 0.880. The first-order valence-corrected chi connectivity index (χ1v) is 5.71. The number of nitrogens with one attached hydrogen (secondary N) is 2. The number of carboxylic acid groups (broad SMARTS) is 1. The zero-order chi connectivity index (χ0) is 14.9. The molecular weight excluding hydrogens is 274 g/mol. The zero-order valence-electron chi connectivity index (χ0n) is 10.1. The van der Waals surface area contributed by atoms with Gasteiger partial charge in [0.05, 0.1) is 11.3 Å². The van der Waals surface area contributed by atoms with Crippen LogP contribution < -0.4 is 10.6 Å². The van der Waals surface area contributed by atoms with E-state index in [-0.39, 0.29) is 24.4 Å². The molecule has 20 heavy (non-hydrogen) atoms. The highest BCUT2D eigenvalue weighted by molar-refractivity contribution is 6.03. The molecule has 2 amide bonds.